The first-order valence-corrected chi connectivity index (χ1v) is 10.0. The van der Waals surface area contributed by atoms with Crippen molar-refractivity contribution >= 4 is 17.7 Å². The number of hydrogen-bond acceptors (Lipinski definition) is 7. The van der Waals surface area contributed by atoms with E-state index in [4.69, 9.17) is 13.9 Å². The molecule has 0 radical (unpaired) electrons. The van der Waals surface area contributed by atoms with Crippen molar-refractivity contribution in [3.63, 3.8) is 0 Å². The summed E-state index contributed by atoms with van der Waals surface area (Å²) < 4.78 is 16.2. The van der Waals surface area contributed by atoms with Gasteiger partial charge >= 0.3 is 0 Å². The molecule has 1 fully saturated rings. The smallest absolute Gasteiger partial charge is 0.277 e. The van der Waals surface area contributed by atoms with E-state index in [0.29, 0.717) is 28.4 Å². The van der Waals surface area contributed by atoms with Crippen LogP contribution in [0.3, 0.4) is 0 Å². The molecule has 1 aromatic carbocycles. The fraction of sp³-hybridized carbons (Fsp3) is 0.526. The average Bonchev–Trinajstić information content (AvgIpc) is 3.14. The van der Waals surface area contributed by atoms with Crippen LogP contribution in [0.1, 0.15) is 33.1 Å². The van der Waals surface area contributed by atoms with Crippen LogP contribution in [0.2, 0.25) is 0 Å². The number of nitrogens with zero attached hydrogens (tertiary/aromatic N) is 3. The van der Waals surface area contributed by atoms with E-state index in [9.17, 15) is 4.79 Å². The van der Waals surface area contributed by atoms with E-state index in [1.807, 2.05) is 11.0 Å². The average molecular weight is 391 g/mol. The van der Waals surface area contributed by atoms with Crippen LogP contribution in [-0.4, -0.2) is 53.1 Å². The van der Waals surface area contributed by atoms with Gasteiger partial charge < -0.3 is 18.8 Å². The van der Waals surface area contributed by atoms with Crippen LogP contribution in [0.5, 0.6) is 11.5 Å². The summed E-state index contributed by atoms with van der Waals surface area (Å²) in [5, 5.41) is 8.51. The van der Waals surface area contributed by atoms with E-state index < -0.39 is 0 Å². The van der Waals surface area contributed by atoms with Gasteiger partial charge in [0.05, 0.1) is 20.0 Å². The summed E-state index contributed by atoms with van der Waals surface area (Å²) in [5.74, 6) is 2.01. The fourth-order valence-corrected chi connectivity index (χ4v) is 4.10. The first-order chi connectivity index (χ1) is 13.0. The molecule has 1 amide bonds. The topological polar surface area (TPSA) is 77.7 Å². The fourth-order valence-electron chi connectivity index (χ4n) is 3.46. The van der Waals surface area contributed by atoms with Gasteiger partial charge in [-0.3, -0.25) is 4.79 Å². The van der Waals surface area contributed by atoms with Gasteiger partial charge in [0.25, 0.3) is 5.22 Å². The van der Waals surface area contributed by atoms with Crippen LogP contribution in [0.25, 0.3) is 11.5 Å². The molecular formula is C19H25N3O4S. The lowest BCUT2D eigenvalue weighted by molar-refractivity contribution is -0.134. The van der Waals surface area contributed by atoms with Crippen molar-refractivity contribution in [2.45, 2.75) is 50.4 Å². The highest BCUT2D eigenvalue weighted by Gasteiger charge is 2.29. The van der Waals surface area contributed by atoms with Crippen LogP contribution in [-0.2, 0) is 4.79 Å². The molecule has 1 aliphatic heterocycles. The predicted molar refractivity (Wildman–Crippen MR) is 103 cm³/mol. The lowest BCUT2D eigenvalue weighted by Gasteiger charge is -2.39. The maximum absolute atomic E-state index is 12.6. The molecule has 0 bridgehead atoms. The molecule has 27 heavy (non-hydrogen) atoms. The molecule has 7 nitrogen and oxygen atoms in total. The quantitative estimate of drug-likeness (QED) is 0.696. The lowest BCUT2D eigenvalue weighted by Crippen LogP contribution is -2.48. The van der Waals surface area contributed by atoms with Crippen LogP contribution in [0.15, 0.2) is 27.8 Å². The van der Waals surface area contributed by atoms with Crippen LogP contribution < -0.4 is 9.47 Å². The molecule has 0 aliphatic carbocycles. The number of amides is 1. The van der Waals surface area contributed by atoms with E-state index in [-0.39, 0.29) is 18.0 Å². The number of thioether (sulfide) groups is 1. The van der Waals surface area contributed by atoms with Crippen molar-refractivity contribution in [1.29, 1.82) is 0 Å². The summed E-state index contributed by atoms with van der Waals surface area (Å²) >= 11 is 1.27. The third-order valence-corrected chi connectivity index (χ3v) is 5.64. The zero-order valence-corrected chi connectivity index (χ0v) is 16.9. The van der Waals surface area contributed by atoms with Crippen molar-refractivity contribution in [2.24, 2.45) is 0 Å². The summed E-state index contributed by atoms with van der Waals surface area (Å²) in [4.78, 5) is 14.6. The molecule has 146 valence electrons. The Hall–Kier alpha value is -2.22. The third kappa shape index (κ3) is 4.37. The number of carbonyl (C=O) groups excluding carboxylic acids is 1. The number of hydrogen-bond donors (Lipinski definition) is 0. The molecule has 0 N–H and O–H groups in total. The zero-order chi connectivity index (χ0) is 19.4. The maximum Gasteiger partial charge on any atom is 0.277 e. The summed E-state index contributed by atoms with van der Waals surface area (Å²) in [6.45, 7) is 4.22. The number of rotatable bonds is 6. The highest BCUT2D eigenvalue weighted by molar-refractivity contribution is 7.99. The van der Waals surface area contributed by atoms with Crippen molar-refractivity contribution in [2.75, 3.05) is 20.0 Å². The molecule has 1 aromatic heterocycles. The molecule has 2 aromatic rings. The highest BCUT2D eigenvalue weighted by atomic mass is 32.2. The number of carbonyl (C=O) groups is 1. The molecule has 1 aliphatic rings. The highest BCUT2D eigenvalue weighted by Crippen LogP contribution is 2.33. The first-order valence-electron chi connectivity index (χ1n) is 9.03. The minimum absolute atomic E-state index is 0.116. The largest absolute Gasteiger partial charge is 0.493 e. The Morgan fingerprint density at radius 2 is 1.89 bits per heavy atom. The zero-order valence-electron chi connectivity index (χ0n) is 16.1. The second kappa shape index (κ2) is 8.65. The molecule has 0 saturated carbocycles. The molecular weight excluding hydrogens is 366 g/mol. The lowest BCUT2D eigenvalue weighted by atomic mass is 9.98. The van der Waals surface area contributed by atoms with Gasteiger partial charge in [0, 0.05) is 17.6 Å². The van der Waals surface area contributed by atoms with E-state index in [0.717, 1.165) is 18.4 Å². The minimum atomic E-state index is 0.116. The van der Waals surface area contributed by atoms with Gasteiger partial charge in [-0.2, -0.15) is 0 Å². The number of likely N-dealkylation sites (tertiary alicyclic amines) is 1. The van der Waals surface area contributed by atoms with Crippen molar-refractivity contribution in [3.8, 4) is 23.0 Å². The summed E-state index contributed by atoms with van der Waals surface area (Å²) in [6, 6.07) is 5.96. The molecule has 3 rings (SSSR count). The second-order valence-electron chi connectivity index (χ2n) is 6.66. The van der Waals surface area contributed by atoms with Crippen LogP contribution >= 0.6 is 11.8 Å². The van der Waals surface area contributed by atoms with E-state index in [2.05, 4.69) is 24.0 Å². The number of aromatic nitrogens is 2. The van der Waals surface area contributed by atoms with Gasteiger partial charge in [-0.25, -0.2) is 0 Å². The molecule has 1 saturated heterocycles. The Morgan fingerprint density at radius 3 is 2.56 bits per heavy atom. The predicted octanol–water partition coefficient (Wildman–Crippen LogP) is 3.64. The van der Waals surface area contributed by atoms with Gasteiger partial charge in [-0.15, -0.1) is 10.2 Å². The standard InChI is InChI=1S/C19H25N3O4S/c1-12-6-5-7-13(2)22(12)17(23)11-27-19-21-20-18(26-19)14-8-9-15(24-3)16(10-14)25-4/h8-10,12-13H,5-7,11H2,1-4H3/t12-,13-/m1/s1. The minimum Gasteiger partial charge on any atom is -0.493 e. The Morgan fingerprint density at radius 1 is 1.19 bits per heavy atom. The number of methoxy groups -OCH3 is 2. The Labute approximate surface area is 163 Å². The molecule has 2 atom stereocenters. The van der Waals surface area contributed by atoms with Crippen LogP contribution in [0, 0.1) is 0 Å². The van der Waals surface area contributed by atoms with Gasteiger partial charge in [0.15, 0.2) is 11.5 Å². The molecule has 2 heterocycles. The van der Waals surface area contributed by atoms with Gasteiger partial charge in [-0.1, -0.05) is 11.8 Å². The van der Waals surface area contributed by atoms with Crippen LogP contribution in [0.4, 0.5) is 0 Å². The normalized spacial score (nSPS) is 19.8. The molecule has 8 heteroatoms. The van der Waals surface area contributed by atoms with E-state index in [1.54, 1.807) is 26.4 Å². The van der Waals surface area contributed by atoms with Crippen molar-refractivity contribution in [3.05, 3.63) is 18.2 Å². The monoisotopic (exact) mass is 391 g/mol. The molecule has 0 unspecified atom stereocenters. The number of ether oxygens (including phenoxy) is 2. The second-order valence-corrected chi connectivity index (χ2v) is 7.59. The van der Waals surface area contributed by atoms with Gasteiger partial charge in [0.1, 0.15) is 0 Å². The van der Waals surface area contributed by atoms with Gasteiger partial charge in [-0.05, 0) is 51.3 Å². The Bertz CT molecular complexity index is 785. The summed E-state index contributed by atoms with van der Waals surface area (Å²) in [6.07, 6.45) is 3.30. The van der Waals surface area contributed by atoms with Crippen molar-refractivity contribution < 1.29 is 18.7 Å². The summed E-state index contributed by atoms with van der Waals surface area (Å²) in [7, 11) is 3.16. The van der Waals surface area contributed by atoms with E-state index in [1.165, 1.54) is 18.2 Å². The Balaban J connectivity index is 1.65. The van der Waals surface area contributed by atoms with E-state index >= 15 is 0 Å². The Kier molecular flexibility index (Phi) is 6.26. The molecule has 0 spiro atoms. The first kappa shape index (κ1) is 19.5. The SMILES string of the molecule is COc1ccc(-c2nnc(SCC(=O)N3[C@H](C)CCC[C@H]3C)o2)cc1OC. The number of piperidine rings is 1. The van der Waals surface area contributed by atoms with Crippen molar-refractivity contribution in [1.82, 2.24) is 15.1 Å². The number of benzene rings is 1. The van der Waals surface area contributed by atoms with Gasteiger partial charge in [0.2, 0.25) is 11.8 Å². The summed E-state index contributed by atoms with van der Waals surface area (Å²) in [5.41, 5.74) is 0.733. The maximum atomic E-state index is 12.6. The third-order valence-electron chi connectivity index (χ3n) is 4.84.